The van der Waals surface area contributed by atoms with Crippen LogP contribution in [-0.4, -0.2) is 29.7 Å². The molecule has 0 amide bonds. The van der Waals surface area contributed by atoms with E-state index in [9.17, 15) is 0 Å². The van der Waals surface area contributed by atoms with Gasteiger partial charge in [0.1, 0.15) is 5.82 Å². The van der Waals surface area contributed by atoms with Crippen molar-refractivity contribution in [2.75, 3.05) is 19.8 Å². The fraction of sp³-hybridized carbons (Fsp3) is 0.667. The van der Waals surface area contributed by atoms with Crippen molar-refractivity contribution in [2.45, 2.75) is 31.6 Å². The summed E-state index contributed by atoms with van der Waals surface area (Å²) in [6.45, 7) is 8.25. The lowest BCUT2D eigenvalue weighted by Gasteiger charge is -2.39. The number of hydrogen-bond donors (Lipinski definition) is 1. The molecule has 0 spiro atoms. The van der Waals surface area contributed by atoms with Crippen LogP contribution in [0.15, 0.2) is 12.3 Å². The normalized spacial score (nSPS) is 19.2. The summed E-state index contributed by atoms with van der Waals surface area (Å²) in [6, 6.07) is 1.97. The van der Waals surface area contributed by atoms with Gasteiger partial charge in [-0.2, -0.15) is 0 Å². The fourth-order valence-corrected chi connectivity index (χ4v) is 1.72. The van der Waals surface area contributed by atoms with Crippen LogP contribution in [0.3, 0.4) is 0 Å². The summed E-state index contributed by atoms with van der Waals surface area (Å²) in [5.41, 5.74) is 6.74. The van der Waals surface area contributed by atoms with E-state index >= 15 is 0 Å². The Kier molecular flexibility index (Phi) is 2.72. The predicted octanol–water partition coefficient (Wildman–Crippen LogP) is 1.00. The zero-order chi connectivity index (χ0) is 11.8. The Morgan fingerprint density at radius 3 is 2.56 bits per heavy atom. The van der Waals surface area contributed by atoms with Crippen LogP contribution in [0.5, 0.6) is 0 Å². The molecule has 0 aromatic carbocycles. The molecule has 1 aliphatic heterocycles. The van der Waals surface area contributed by atoms with E-state index in [-0.39, 0.29) is 10.8 Å². The third-order valence-corrected chi connectivity index (χ3v) is 3.05. The molecule has 16 heavy (non-hydrogen) atoms. The third-order valence-electron chi connectivity index (χ3n) is 3.05. The van der Waals surface area contributed by atoms with Gasteiger partial charge < -0.3 is 10.5 Å². The number of nitrogens with zero attached hydrogens (tertiary/aromatic N) is 2. The molecule has 2 heterocycles. The molecular formula is C12H19N3O. The first kappa shape index (κ1) is 11.5. The lowest BCUT2D eigenvalue weighted by atomic mass is 9.84. The molecule has 1 saturated heterocycles. The highest BCUT2D eigenvalue weighted by molar-refractivity contribution is 5.19. The Labute approximate surface area is 96.2 Å². The summed E-state index contributed by atoms with van der Waals surface area (Å²) in [5.74, 6) is 0.827. The number of ether oxygens (including phenoxy) is 1. The van der Waals surface area contributed by atoms with E-state index in [1.165, 1.54) is 0 Å². The van der Waals surface area contributed by atoms with E-state index in [1.54, 1.807) is 0 Å². The Balaban J connectivity index is 2.36. The molecule has 0 atom stereocenters. The summed E-state index contributed by atoms with van der Waals surface area (Å²) in [6.07, 6.45) is 1.82. The van der Waals surface area contributed by atoms with E-state index in [2.05, 4.69) is 30.7 Å². The summed E-state index contributed by atoms with van der Waals surface area (Å²) in [4.78, 5) is 8.98. The molecule has 88 valence electrons. The molecule has 2 rings (SSSR count). The van der Waals surface area contributed by atoms with Gasteiger partial charge in [-0.1, -0.05) is 20.8 Å². The molecule has 4 nitrogen and oxygen atoms in total. The molecule has 4 heteroatoms. The second kappa shape index (κ2) is 3.79. The quantitative estimate of drug-likeness (QED) is 0.809. The molecule has 0 saturated carbocycles. The Bertz CT molecular complexity index is 375. The maximum atomic E-state index is 5.80. The Morgan fingerprint density at radius 2 is 2.12 bits per heavy atom. The number of nitrogens with two attached hydrogens (primary N) is 1. The van der Waals surface area contributed by atoms with Gasteiger partial charge in [0, 0.05) is 23.9 Å². The second-order valence-corrected chi connectivity index (χ2v) is 5.49. The topological polar surface area (TPSA) is 61.0 Å². The average Bonchev–Trinajstić information content (AvgIpc) is 2.16. The number of aromatic nitrogens is 2. The van der Waals surface area contributed by atoms with Crippen molar-refractivity contribution in [1.82, 2.24) is 9.97 Å². The van der Waals surface area contributed by atoms with Gasteiger partial charge in [0.15, 0.2) is 0 Å². The lowest BCUT2D eigenvalue weighted by molar-refractivity contribution is -0.0595. The van der Waals surface area contributed by atoms with Gasteiger partial charge >= 0.3 is 0 Å². The first-order chi connectivity index (χ1) is 7.48. The number of rotatable bonds is 2. The molecule has 0 aliphatic carbocycles. The standard InChI is InChI=1S/C12H19N3O/c1-11(2,3)9-4-5-14-10(15-9)12(6-13)7-16-8-12/h4-5H,6-8,13H2,1-3H3. The van der Waals surface area contributed by atoms with Crippen molar-refractivity contribution < 1.29 is 4.74 Å². The van der Waals surface area contributed by atoms with Crippen molar-refractivity contribution >= 4 is 0 Å². The molecule has 1 fully saturated rings. The molecule has 0 bridgehead atoms. The van der Waals surface area contributed by atoms with Crippen LogP contribution in [0.4, 0.5) is 0 Å². The van der Waals surface area contributed by atoms with E-state index in [0.717, 1.165) is 11.5 Å². The van der Waals surface area contributed by atoms with Crippen molar-refractivity contribution in [3.63, 3.8) is 0 Å². The van der Waals surface area contributed by atoms with E-state index in [0.29, 0.717) is 19.8 Å². The van der Waals surface area contributed by atoms with Gasteiger partial charge in [0.2, 0.25) is 0 Å². The Morgan fingerprint density at radius 1 is 1.44 bits per heavy atom. The minimum absolute atomic E-state index is 0.0398. The third kappa shape index (κ3) is 1.83. The molecule has 0 unspecified atom stereocenters. The predicted molar refractivity (Wildman–Crippen MR) is 62.3 cm³/mol. The fourth-order valence-electron chi connectivity index (χ4n) is 1.72. The first-order valence-corrected chi connectivity index (χ1v) is 5.60. The minimum Gasteiger partial charge on any atom is -0.379 e. The molecule has 2 N–H and O–H groups in total. The summed E-state index contributed by atoms with van der Waals surface area (Å²) in [7, 11) is 0. The van der Waals surface area contributed by atoms with Gasteiger partial charge in [-0.25, -0.2) is 9.97 Å². The van der Waals surface area contributed by atoms with E-state index < -0.39 is 0 Å². The molecule has 1 aromatic heterocycles. The van der Waals surface area contributed by atoms with Crippen LogP contribution in [0.2, 0.25) is 0 Å². The van der Waals surface area contributed by atoms with Crippen molar-refractivity contribution in [3.05, 3.63) is 23.8 Å². The molecule has 0 radical (unpaired) electrons. The monoisotopic (exact) mass is 221 g/mol. The van der Waals surface area contributed by atoms with Crippen LogP contribution in [0.25, 0.3) is 0 Å². The molecular weight excluding hydrogens is 202 g/mol. The minimum atomic E-state index is -0.152. The smallest absolute Gasteiger partial charge is 0.140 e. The first-order valence-electron chi connectivity index (χ1n) is 5.60. The van der Waals surface area contributed by atoms with Crippen molar-refractivity contribution in [2.24, 2.45) is 5.73 Å². The number of hydrogen-bond acceptors (Lipinski definition) is 4. The van der Waals surface area contributed by atoms with Gasteiger partial charge in [0.05, 0.1) is 18.6 Å². The van der Waals surface area contributed by atoms with Crippen LogP contribution >= 0.6 is 0 Å². The zero-order valence-electron chi connectivity index (χ0n) is 10.2. The maximum absolute atomic E-state index is 5.80. The molecule has 1 aliphatic rings. The van der Waals surface area contributed by atoms with Crippen molar-refractivity contribution in [3.8, 4) is 0 Å². The van der Waals surface area contributed by atoms with Crippen LogP contribution in [-0.2, 0) is 15.6 Å². The van der Waals surface area contributed by atoms with E-state index in [1.807, 2.05) is 12.3 Å². The maximum Gasteiger partial charge on any atom is 0.140 e. The highest BCUT2D eigenvalue weighted by atomic mass is 16.5. The van der Waals surface area contributed by atoms with Gasteiger partial charge in [-0.05, 0) is 6.07 Å². The van der Waals surface area contributed by atoms with Gasteiger partial charge in [-0.15, -0.1) is 0 Å². The summed E-state index contributed by atoms with van der Waals surface area (Å²) >= 11 is 0. The van der Waals surface area contributed by atoms with Crippen molar-refractivity contribution in [1.29, 1.82) is 0 Å². The lowest BCUT2D eigenvalue weighted by Crippen LogP contribution is -2.53. The van der Waals surface area contributed by atoms with Crippen LogP contribution < -0.4 is 5.73 Å². The van der Waals surface area contributed by atoms with Crippen LogP contribution in [0.1, 0.15) is 32.3 Å². The highest BCUT2D eigenvalue weighted by Crippen LogP contribution is 2.30. The zero-order valence-corrected chi connectivity index (χ0v) is 10.2. The van der Waals surface area contributed by atoms with Gasteiger partial charge in [-0.3, -0.25) is 0 Å². The highest BCUT2D eigenvalue weighted by Gasteiger charge is 2.42. The SMILES string of the molecule is CC(C)(C)c1ccnc(C2(CN)COC2)n1. The van der Waals surface area contributed by atoms with Crippen LogP contribution in [0, 0.1) is 0 Å². The largest absolute Gasteiger partial charge is 0.379 e. The molecule has 1 aromatic rings. The summed E-state index contributed by atoms with van der Waals surface area (Å²) < 4.78 is 5.25. The second-order valence-electron chi connectivity index (χ2n) is 5.49. The van der Waals surface area contributed by atoms with Gasteiger partial charge in [0.25, 0.3) is 0 Å². The average molecular weight is 221 g/mol. The summed E-state index contributed by atoms with van der Waals surface area (Å²) in [5, 5.41) is 0. The van der Waals surface area contributed by atoms with E-state index in [4.69, 9.17) is 10.5 Å². The Hall–Kier alpha value is -1.00.